The van der Waals surface area contributed by atoms with Gasteiger partial charge in [0.2, 0.25) is 5.91 Å². The molecule has 0 bridgehead atoms. The third kappa shape index (κ3) is 6.77. The first-order valence-electron chi connectivity index (χ1n) is 9.86. The van der Waals surface area contributed by atoms with Crippen molar-refractivity contribution in [2.75, 3.05) is 27.2 Å². The number of rotatable bonds is 7. The van der Waals surface area contributed by atoms with E-state index in [1.54, 1.807) is 19.0 Å². The lowest BCUT2D eigenvalue weighted by Crippen LogP contribution is -2.45. The summed E-state index contributed by atoms with van der Waals surface area (Å²) in [4.78, 5) is 18.1. The van der Waals surface area contributed by atoms with Gasteiger partial charge in [0.25, 0.3) is 0 Å². The first-order chi connectivity index (χ1) is 12.9. The number of nitrogens with one attached hydrogen (secondary N) is 2. The standard InChI is InChI=1S/C21H34N4O2/c1-15(2)10-11-16(3)23-21(22-14-20(26)25(4)5)24-18-12-13-27-19-9-7-6-8-17(18)19/h6-9,15-16,18H,10-14H2,1-5H3,(H2,22,23,24). The van der Waals surface area contributed by atoms with E-state index in [-0.39, 0.29) is 24.5 Å². The van der Waals surface area contributed by atoms with E-state index in [1.165, 1.54) is 0 Å². The van der Waals surface area contributed by atoms with Crippen LogP contribution in [0.4, 0.5) is 0 Å². The van der Waals surface area contributed by atoms with Crippen LogP contribution in [0.3, 0.4) is 0 Å². The van der Waals surface area contributed by atoms with Crippen LogP contribution in [0.15, 0.2) is 29.3 Å². The van der Waals surface area contributed by atoms with Gasteiger partial charge in [0.1, 0.15) is 12.3 Å². The number of likely N-dealkylation sites (N-methyl/N-ethyl adjacent to an activating group) is 1. The molecule has 1 aliphatic rings. The fourth-order valence-corrected chi connectivity index (χ4v) is 2.97. The summed E-state index contributed by atoms with van der Waals surface area (Å²) in [5, 5.41) is 6.99. The number of hydrogen-bond donors (Lipinski definition) is 2. The number of ether oxygens (including phenoxy) is 1. The Bertz CT molecular complexity index is 643. The predicted molar refractivity (Wildman–Crippen MR) is 110 cm³/mol. The molecule has 6 nitrogen and oxygen atoms in total. The summed E-state index contributed by atoms with van der Waals surface area (Å²) in [5.41, 5.74) is 1.13. The molecule has 1 aromatic rings. The monoisotopic (exact) mass is 374 g/mol. The van der Waals surface area contributed by atoms with Gasteiger partial charge in [-0.2, -0.15) is 0 Å². The topological polar surface area (TPSA) is 66.0 Å². The molecular formula is C21H34N4O2. The lowest BCUT2D eigenvalue weighted by molar-refractivity contribution is -0.127. The maximum Gasteiger partial charge on any atom is 0.243 e. The second kappa shape index (κ2) is 10.2. The Morgan fingerprint density at radius 3 is 2.70 bits per heavy atom. The van der Waals surface area contributed by atoms with Crippen molar-refractivity contribution in [3.05, 3.63) is 29.8 Å². The number of para-hydroxylation sites is 1. The van der Waals surface area contributed by atoms with Gasteiger partial charge in [-0.15, -0.1) is 0 Å². The Hall–Kier alpha value is -2.24. The van der Waals surface area contributed by atoms with E-state index in [2.05, 4.69) is 42.5 Å². The van der Waals surface area contributed by atoms with Gasteiger partial charge in [0.15, 0.2) is 5.96 Å². The highest BCUT2D eigenvalue weighted by Gasteiger charge is 2.22. The van der Waals surface area contributed by atoms with Crippen LogP contribution in [-0.2, 0) is 4.79 Å². The number of hydrogen-bond acceptors (Lipinski definition) is 3. The molecule has 27 heavy (non-hydrogen) atoms. The number of benzene rings is 1. The normalized spacial score (nSPS) is 17.7. The molecule has 0 aromatic heterocycles. The fourth-order valence-electron chi connectivity index (χ4n) is 2.97. The molecule has 0 saturated heterocycles. The number of aliphatic imine (C=N–C) groups is 1. The Labute approximate surface area is 163 Å². The zero-order chi connectivity index (χ0) is 19.8. The van der Waals surface area contributed by atoms with E-state index in [1.807, 2.05) is 18.2 Å². The highest BCUT2D eigenvalue weighted by atomic mass is 16.5. The zero-order valence-corrected chi connectivity index (χ0v) is 17.3. The SMILES string of the molecule is CC(C)CCC(C)NC(=NCC(=O)N(C)C)NC1CCOc2ccccc21. The van der Waals surface area contributed by atoms with Gasteiger partial charge < -0.3 is 20.3 Å². The molecule has 1 aliphatic heterocycles. The molecule has 0 saturated carbocycles. The van der Waals surface area contributed by atoms with Crippen LogP contribution in [0.5, 0.6) is 5.75 Å². The maximum absolute atomic E-state index is 12.0. The van der Waals surface area contributed by atoms with Gasteiger partial charge in [-0.3, -0.25) is 4.79 Å². The lowest BCUT2D eigenvalue weighted by atomic mass is 10.0. The van der Waals surface area contributed by atoms with Crippen LogP contribution in [0.25, 0.3) is 0 Å². The van der Waals surface area contributed by atoms with E-state index < -0.39 is 0 Å². The smallest absolute Gasteiger partial charge is 0.243 e. The minimum Gasteiger partial charge on any atom is -0.493 e. The number of nitrogens with zero attached hydrogens (tertiary/aromatic N) is 2. The van der Waals surface area contributed by atoms with E-state index in [4.69, 9.17) is 4.74 Å². The minimum absolute atomic E-state index is 0.0155. The van der Waals surface area contributed by atoms with Gasteiger partial charge in [-0.1, -0.05) is 32.0 Å². The molecule has 1 amide bonds. The molecule has 1 aromatic carbocycles. The first-order valence-corrected chi connectivity index (χ1v) is 9.86. The van der Waals surface area contributed by atoms with E-state index in [0.717, 1.165) is 30.6 Å². The average molecular weight is 375 g/mol. The molecular weight excluding hydrogens is 340 g/mol. The number of guanidine groups is 1. The van der Waals surface area contributed by atoms with Crippen LogP contribution in [0.2, 0.25) is 0 Å². The molecule has 1 heterocycles. The summed E-state index contributed by atoms with van der Waals surface area (Å²) < 4.78 is 5.75. The number of fused-ring (bicyclic) bond motifs is 1. The molecule has 2 atom stereocenters. The van der Waals surface area contributed by atoms with Crippen molar-refractivity contribution >= 4 is 11.9 Å². The van der Waals surface area contributed by atoms with Crippen LogP contribution in [0, 0.1) is 5.92 Å². The summed E-state index contributed by atoms with van der Waals surface area (Å²) >= 11 is 0. The molecule has 2 N–H and O–H groups in total. The summed E-state index contributed by atoms with van der Waals surface area (Å²) in [5.74, 6) is 2.25. The summed E-state index contributed by atoms with van der Waals surface area (Å²) in [6.07, 6.45) is 3.07. The zero-order valence-electron chi connectivity index (χ0n) is 17.3. The van der Waals surface area contributed by atoms with Crippen molar-refractivity contribution < 1.29 is 9.53 Å². The van der Waals surface area contributed by atoms with Gasteiger partial charge in [0.05, 0.1) is 12.6 Å². The van der Waals surface area contributed by atoms with E-state index in [9.17, 15) is 4.79 Å². The third-order valence-corrected chi connectivity index (χ3v) is 4.70. The third-order valence-electron chi connectivity index (χ3n) is 4.70. The van der Waals surface area contributed by atoms with Crippen molar-refractivity contribution in [2.45, 2.75) is 52.1 Å². The first kappa shape index (κ1) is 21.1. The maximum atomic E-state index is 12.0. The highest BCUT2D eigenvalue weighted by Crippen LogP contribution is 2.31. The Morgan fingerprint density at radius 2 is 2.00 bits per heavy atom. The molecule has 2 rings (SSSR count). The molecule has 150 valence electrons. The number of carbonyl (C=O) groups excluding carboxylic acids is 1. The number of carbonyl (C=O) groups is 1. The lowest BCUT2D eigenvalue weighted by Gasteiger charge is -2.29. The molecule has 0 radical (unpaired) electrons. The van der Waals surface area contributed by atoms with Crippen LogP contribution >= 0.6 is 0 Å². The molecule has 6 heteroatoms. The van der Waals surface area contributed by atoms with Gasteiger partial charge >= 0.3 is 0 Å². The second-order valence-corrected chi connectivity index (χ2v) is 7.84. The Kier molecular flexibility index (Phi) is 7.95. The van der Waals surface area contributed by atoms with Crippen molar-refractivity contribution in [2.24, 2.45) is 10.9 Å². The summed E-state index contributed by atoms with van der Waals surface area (Å²) in [6.45, 7) is 7.42. The quantitative estimate of drug-likeness (QED) is 0.569. The van der Waals surface area contributed by atoms with E-state index >= 15 is 0 Å². The largest absolute Gasteiger partial charge is 0.493 e. The van der Waals surface area contributed by atoms with Gasteiger partial charge in [0, 0.05) is 32.1 Å². The number of amides is 1. The van der Waals surface area contributed by atoms with E-state index in [0.29, 0.717) is 18.5 Å². The average Bonchev–Trinajstić information content (AvgIpc) is 2.64. The van der Waals surface area contributed by atoms with Crippen molar-refractivity contribution in [1.29, 1.82) is 0 Å². The summed E-state index contributed by atoms with van der Waals surface area (Å²) in [6, 6.07) is 8.48. The fraction of sp³-hybridized carbons (Fsp3) is 0.619. The van der Waals surface area contributed by atoms with Crippen molar-refractivity contribution in [3.8, 4) is 5.75 Å². The molecule has 2 unspecified atom stereocenters. The second-order valence-electron chi connectivity index (χ2n) is 7.84. The van der Waals surface area contributed by atoms with Gasteiger partial charge in [-0.25, -0.2) is 4.99 Å². The summed E-state index contributed by atoms with van der Waals surface area (Å²) in [7, 11) is 3.50. The Balaban J connectivity index is 2.10. The molecule has 0 fully saturated rings. The van der Waals surface area contributed by atoms with Crippen LogP contribution in [0.1, 0.15) is 51.6 Å². The van der Waals surface area contributed by atoms with Crippen molar-refractivity contribution in [3.63, 3.8) is 0 Å². The van der Waals surface area contributed by atoms with Gasteiger partial charge in [-0.05, 0) is 31.7 Å². The molecule has 0 aliphatic carbocycles. The van der Waals surface area contributed by atoms with Crippen LogP contribution < -0.4 is 15.4 Å². The van der Waals surface area contributed by atoms with Crippen molar-refractivity contribution in [1.82, 2.24) is 15.5 Å². The predicted octanol–water partition coefficient (Wildman–Crippen LogP) is 2.96. The highest BCUT2D eigenvalue weighted by molar-refractivity contribution is 5.85. The van der Waals surface area contributed by atoms with Crippen LogP contribution in [-0.4, -0.2) is 50.1 Å². The molecule has 0 spiro atoms. The Morgan fingerprint density at radius 1 is 1.26 bits per heavy atom. The minimum atomic E-state index is -0.0155.